The van der Waals surface area contributed by atoms with Gasteiger partial charge in [0.25, 0.3) is 0 Å². The maximum absolute atomic E-state index is 7.28. The van der Waals surface area contributed by atoms with Crippen molar-refractivity contribution in [1.82, 2.24) is 0 Å². The van der Waals surface area contributed by atoms with Crippen LogP contribution in [0.1, 0.15) is 41.5 Å². The van der Waals surface area contributed by atoms with Gasteiger partial charge in [0.1, 0.15) is 0 Å². The van der Waals surface area contributed by atoms with Gasteiger partial charge in [-0.05, 0) is 0 Å². The maximum atomic E-state index is 7.28. The molecule has 0 amide bonds. The second-order valence-corrected chi connectivity index (χ2v) is 18.0. The van der Waals surface area contributed by atoms with Gasteiger partial charge in [0.15, 0.2) is 0 Å². The van der Waals surface area contributed by atoms with E-state index in [4.69, 9.17) is 13.0 Å². The van der Waals surface area contributed by atoms with Crippen molar-refractivity contribution >= 4 is 8.32 Å². The third-order valence-corrected chi connectivity index (χ3v) is 17.1. The van der Waals surface area contributed by atoms with Gasteiger partial charge in [-0.3, -0.25) is 0 Å². The minimum absolute atomic E-state index is 0.348. The summed E-state index contributed by atoms with van der Waals surface area (Å²) in [6.07, 6.45) is 0. The Labute approximate surface area is 205 Å². The molecule has 0 aromatic heterocycles. The molecule has 0 fully saturated rings. The molecule has 0 heterocycles. The van der Waals surface area contributed by atoms with E-state index in [0.717, 1.165) is 0 Å². The summed E-state index contributed by atoms with van der Waals surface area (Å²) >= 11 is -4.47. The van der Waals surface area contributed by atoms with Gasteiger partial charge in [-0.15, -0.1) is 0 Å². The Morgan fingerprint density at radius 1 is 0.485 bits per heavy atom. The first-order valence-electron chi connectivity index (χ1n) is 11.7. The van der Waals surface area contributed by atoms with Crippen molar-refractivity contribution in [3.05, 3.63) is 91.0 Å². The summed E-state index contributed by atoms with van der Waals surface area (Å²) in [5.74, 6) is 2.05. The van der Waals surface area contributed by atoms with Crippen LogP contribution < -0.4 is 9.96 Å². The molecule has 0 aliphatic heterocycles. The first-order chi connectivity index (χ1) is 15.8. The molecule has 0 aliphatic rings. The van der Waals surface area contributed by atoms with Crippen molar-refractivity contribution in [2.45, 2.75) is 58.2 Å². The van der Waals surface area contributed by atoms with Crippen LogP contribution in [-0.2, 0) is 21.1 Å². The summed E-state index contributed by atoms with van der Waals surface area (Å²) in [4.78, 5) is 0. The molecule has 0 radical (unpaired) electrons. The molecule has 0 saturated heterocycles. The van der Waals surface area contributed by atoms with Crippen LogP contribution in [0, 0.1) is 0 Å². The van der Waals surface area contributed by atoms with Crippen molar-refractivity contribution in [1.29, 1.82) is 0 Å². The molecule has 4 nitrogen and oxygen atoms in total. The predicted octanol–water partition coefficient (Wildman–Crippen LogP) is 8.23. The first kappa shape index (κ1) is 25.6. The Morgan fingerprint density at radius 2 is 0.758 bits per heavy atom. The minimum atomic E-state index is -4.47. The standard InChI is InChI=1S/C9H21OSi.3C6H6O.Ti/c1-7(2)11(10,8(3)4)9(5)6;3*7-6-4-2-1-3-5-6;/h7-9H,1-6H3;3*1-5,7H;/q-1;;;;+4/p-3. The van der Waals surface area contributed by atoms with Gasteiger partial charge in [-0.1, -0.05) is 0 Å². The molecule has 0 saturated carbocycles. The zero-order valence-corrected chi connectivity index (χ0v) is 23.1. The number of hydrogen-bond acceptors (Lipinski definition) is 4. The molecule has 6 heteroatoms. The average Bonchev–Trinajstić information content (AvgIpc) is 2.79. The van der Waals surface area contributed by atoms with Crippen molar-refractivity contribution < 1.29 is 31.1 Å². The van der Waals surface area contributed by atoms with Crippen LogP contribution in [0.4, 0.5) is 0 Å². The predicted molar refractivity (Wildman–Crippen MR) is 133 cm³/mol. The number of benzene rings is 3. The van der Waals surface area contributed by atoms with Crippen molar-refractivity contribution in [2.75, 3.05) is 0 Å². The van der Waals surface area contributed by atoms with Crippen LogP contribution in [0.2, 0.25) is 16.6 Å². The summed E-state index contributed by atoms with van der Waals surface area (Å²) in [7, 11) is -2.42. The van der Waals surface area contributed by atoms with E-state index in [0.29, 0.717) is 33.9 Å². The molecule has 3 aromatic carbocycles. The normalized spacial score (nSPS) is 12.3. The summed E-state index contributed by atoms with van der Waals surface area (Å²) in [6.45, 7) is 13.5. The van der Waals surface area contributed by atoms with E-state index in [9.17, 15) is 0 Å². The monoisotopic (exact) mass is 500 g/mol. The van der Waals surface area contributed by atoms with Gasteiger partial charge in [-0.2, -0.15) is 0 Å². The second kappa shape index (κ2) is 11.4. The van der Waals surface area contributed by atoms with Crippen molar-refractivity contribution in [2.24, 2.45) is 0 Å². The van der Waals surface area contributed by atoms with E-state index in [1.54, 1.807) is 0 Å². The molecule has 0 atom stereocenters. The topological polar surface area (TPSA) is 36.9 Å². The molecular formula is C27H36O4SiTi. The van der Waals surface area contributed by atoms with Gasteiger partial charge in [0, 0.05) is 0 Å². The molecular weight excluding hydrogens is 464 g/mol. The Hall–Kier alpha value is -2.05. The fourth-order valence-electron chi connectivity index (χ4n) is 4.59. The Morgan fingerprint density at radius 3 is 1.00 bits per heavy atom. The van der Waals surface area contributed by atoms with Gasteiger partial charge in [0.2, 0.25) is 0 Å². The number of rotatable bonds is 11. The molecule has 3 aromatic rings. The van der Waals surface area contributed by atoms with Crippen molar-refractivity contribution in [3.8, 4) is 17.2 Å². The van der Waals surface area contributed by atoms with Gasteiger partial charge < -0.3 is 0 Å². The third kappa shape index (κ3) is 6.30. The van der Waals surface area contributed by atoms with E-state index in [-0.39, 0.29) is 0 Å². The fraction of sp³-hybridized carbons (Fsp3) is 0.333. The van der Waals surface area contributed by atoms with Crippen LogP contribution >= 0.6 is 0 Å². The van der Waals surface area contributed by atoms with Gasteiger partial charge >= 0.3 is 206 Å². The number of hydrogen-bond donors (Lipinski definition) is 0. The molecule has 33 heavy (non-hydrogen) atoms. The molecule has 0 N–H and O–H groups in total. The third-order valence-electron chi connectivity index (χ3n) is 5.97. The summed E-state index contributed by atoms with van der Waals surface area (Å²) in [5, 5.41) is 0. The SMILES string of the molecule is CC(C)[Si]([O][Ti]([O]c1ccccc1)([O]c1ccccc1)[O]c1ccccc1)(C(C)C)C(C)C. The summed E-state index contributed by atoms with van der Waals surface area (Å²) in [5.41, 5.74) is 1.04. The molecule has 3 rings (SSSR count). The molecule has 176 valence electrons. The van der Waals surface area contributed by atoms with Gasteiger partial charge in [-0.25, -0.2) is 0 Å². The Balaban J connectivity index is 2.17. The summed E-state index contributed by atoms with van der Waals surface area (Å²) < 4.78 is 27.3. The Bertz CT molecular complexity index is 842. The molecule has 0 spiro atoms. The summed E-state index contributed by atoms with van der Waals surface area (Å²) in [6, 6.07) is 29.2. The fourth-order valence-corrected chi connectivity index (χ4v) is 18.0. The molecule has 0 unspecified atom stereocenters. The van der Waals surface area contributed by atoms with Crippen LogP contribution in [0.3, 0.4) is 0 Å². The zero-order valence-electron chi connectivity index (χ0n) is 20.5. The van der Waals surface area contributed by atoms with Crippen LogP contribution in [0.25, 0.3) is 0 Å². The Kier molecular flexibility index (Phi) is 8.82. The van der Waals surface area contributed by atoms with E-state index in [2.05, 4.69) is 41.5 Å². The van der Waals surface area contributed by atoms with E-state index >= 15 is 0 Å². The molecule has 0 aliphatic carbocycles. The molecule has 0 bridgehead atoms. The van der Waals surface area contributed by atoms with Crippen molar-refractivity contribution in [3.63, 3.8) is 0 Å². The second-order valence-electron chi connectivity index (χ2n) is 9.17. The van der Waals surface area contributed by atoms with E-state index in [1.165, 1.54) is 0 Å². The zero-order chi connectivity index (χ0) is 23.9. The average molecular weight is 501 g/mol. The first-order valence-corrected chi connectivity index (χ1v) is 16.4. The van der Waals surface area contributed by atoms with Gasteiger partial charge in [0.05, 0.1) is 0 Å². The van der Waals surface area contributed by atoms with Crippen LogP contribution in [-0.4, -0.2) is 8.32 Å². The van der Waals surface area contributed by atoms with Crippen LogP contribution in [0.15, 0.2) is 91.0 Å². The van der Waals surface area contributed by atoms with E-state index in [1.807, 2.05) is 91.0 Å². The number of para-hydroxylation sites is 3. The quantitative estimate of drug-likeness (QED) is 0.249. The van der Waals surface area contributed by atoms with E-state index < -0.39 is 26.5 Å². The van der Waals surface area contributed by atoms with Crippen LogP contribution in [0.5, 0.6) is 17.2 Å².